The van der Waals surface area contributed by atoms with E-state index in [2.05, 4.69) is 10.3 Å². The van der Waals surface area contributed by atoms with Gasteiger partial charge in [-0.1, -0.05) is 17.7 Å². The van der Waals surface area contributed by atoms with Gasteiger partial charge < -0.3 is 5.43 Å². The number of sulfonamides is 1. The van der Waals surface area contributed by atoms with E-state index < -0.39 is 10.0 Å². The minimum absolute atomic E-state index is 0.0632. The van der Waals surface area contributed by atoms with Gasteiger partial charge in [-0.15, -0.1) is 4.83 Å². The SMILES string of the molecule is CC1=C(NNS(=O)(=O)c2ccc(C)cc2)CCCC1=O. The number of carbonyl (C=O) groups is 1. The zero-order valence-electron chi connectivity index (χ0n) is 11.6. The van der Waals surface area contributed by atoms with Crippen LogP contribution >= 0.6 is 0 Å². The molecule has 0 bridgehead atoms. The van der Waals surface area contributed by atoms with Crippen molar-refractivity contribution in [3.8, 4) is 0 Å². The van der Waals surface area contributed by atoms with Crippen LogP contribution in [-0.4, -0.2) is 14.2 Å². The summed E-state index contributed by atoms with van der Waals surface area (Å²) < 4.78 is 24.2. The van der Waals surface area contributed by atoms with E-state index in [1.54, 1.807) is 31.2 Å². The third-order valence-electron chi connectivity index (χ3n) is 3.37. The first-order valence-electron chi connectivity index (χ1n) is 6.47. The van der Waals surface area contributed by atoms with Gasteiger partial charge in [0.15, 0.2) is 5.78 Å². The number of allylic oxidation sites excluding steroid dienone is 2. The van der Waals surface area contributed by atoms with Gasteiger partial charge in [0, 0.05) is 17.7 Å². The second-order valence-corrected chi connectivity index (χ2v) is 6.61. The molecule has 108 valence electrons. The first-order chi connectivity index (χ1) is 9.40. The van der Waals surface area contributed by atoms with Crippen molar-refractivity contribution in [2.75, 3.05) is 0 Å². The second kappa shape index (κ2) is 5.76. The maximum atomic E-state index is 12.1. The van der Waals surface area contributed by atoms with Crippen molar-refractivity contribution in [2.45, 2.75) is 38.0 Å². The molecule has 20 heavy (non-hydrogen) atoms. The van der Waals surface area contributed by atoms with Crippen LogP contribution < -0.4 is 10.3 Å². The molecule has 1 aliphatic rings. The minimum Gasteiger partial charge on any atom is -0.312 e. The molecule has 0 saturated carbocycles. The molecule has 5 nitrogen and oxygen atoms in total. The maximum absolute atomic E-state index is 12.1. The minimum atomic E-state index is -3.62. The number of hydrazine groups is 1. The van der Waals surface area contributed by atoms with E-state index in [4.69, 9.17) is 0 Å². The molecule has 0 aromatic heterocycles. The Morgan fingerprint density at radius 3 is 2.35 bits per heavy atom. The van der Waals surface area contributed by atoms with E-state index >= 15 is 0 Å². The number of hydrogen-bond acceptors (Lipinski definition) is 4. The number of carbonyl (C=O) groups excluding carboxylic acids is 1. The molecule has 0 saturated heterocycles. The van der Waals surface area contributed by atoms with Crippen LogP contribution in [-0.2, 0) is 14.8 Å². The number of benzene rings is 1. The summed E-state index contributed by atoms with van der Waals surface area (Å²) in [5.41, 5.74) is 4.92. The Hall–Kier alpha value is -1.66. The van der Waals surface area contributed by atoms with Crippen LogP contribution in [0.25, 0.3) is 0 Å². The monoisotopic (exact) mass is 294 g/mol. The van der Waals surface area contributed by atoms with Crippen LogP contribution in [0, 0.1) is 6.92 Å². The fraction of sp³-hybridized carbons (Fsp3) is 0.357. The van der Waals surface area contributed by atoms with Crippen molar-refractivity contribution in [3.05, 3.63) is 41.1 Å². The predicted molar refractivity (Wildman–Crippen MR) is 76.2 cm³/mol. The third-order valence-corrected chi connectivity index (χ3v) is 4.63. The van der Waals surface area contributed by atoms with Crippen molar-refractivity contribution in [2.24, 2.45) is 0 Å². The molecule has 2 rings (SSSR count). The molecule has 0 radical (unpaired) electrons. The quantitative estimate of drug-likeness (QED) is 0.830. The highest BCUT2D eigenvalue weighted by atomic mass is 32.2. The molecule has 1 aromatic carbocycles. The Balaban J connectivity index is 2.12. The Morgan fingerprint density at radius 2 is 1.70 bits per heavy atom. The van der Waals surface area contributed by atoms with Crippen molar-refractivity contribution >= 4 is 15.8 Å². The van der Waals surface area contributed by atoms with E-state index in [-0.39, 0.29) is 10.7 Å². The summed E-state index contributed by atoms with van der Waals surface area (Å²) in [6.07, 6.45) is 1.94. The van der Waals surface area contributed by atoms with Gasteiger partial charge >= 0.3 is 0 Å². The molecule has 0 aliphatic heterocycles. The largest absolute Gasteiger partial charge is 0.312 e. The van der Waals surface area contributed by atoms with Crippen LogP contribution in [0.2, 0.25) is 0 Å². The Kier molecular flexibility index (Phi) is 4.25. The highest BCUT2D eigenvalue weighted by Gasteiger charge is 2.19. The first kappa shape index (κ1) is 14.7. The molecule has 1 aliphatic carbocycles. The lowest BCUT2D eigenvalue weighted by Crippen LogP contribution is -2.38. The van der Waals surface area contributed by atoms with Crippen LogP contribution in [0.1, 0.15) is 31.7 Å². The summed E-state index contributed by atoms with van der Waals surface area (Å²) in [5.74, 6) is 0.0632. The maximum Gasteiger partial charge on any atom is 0.257 e. The number of aryl methyl sites for hydroxylation is 1. The number of nitrogens with one attached hydrogen (secondary N) is 2. The summed E-state index contributed by atoms with van der Waals surface area (Å²) in [5, 5.41) is 0. The van der Waals surface area contributed by atoms with Gasteiger partial charge in [-0.3, -0.25) is 4.79 Å². The first-order valence-corrected chi connectivity index (χ1v) is 7.96. The summed E-state index contributed by atoms with van der Waals surface area (Å²) in [6, 6.07) is 6.58. The van der Waals surface area contributed by atoms with Crippen LogP contribution in [0.4, 0.5) is 0 Å². The molecule has 0 fully saturated rings. The fourth-order valence-corrected chi connectivity index (χ4v) is 2.90. The van der Waals surface area contributed by atoms with E-state index in [1.165, 1.54) is 0 Å². The Bertz CT molecular complexity index is 646. The molecule has 1 aromatic rings. The van der Waals surface area contributed by atoms with Gasteiger partial charge in [-0.25, -0.2) is 8.42 Å². The van der Waals surface area contributed by atoms with Gasteiger partial charge in [0.2, 0.25) is 0 Å². The third kappa shape index (κ3) is 3.26. The topological polar surface area (TPSA) is 75.3 Å². The highest BCUT2D eigenvalue weighted by molar-refractivity contribution is 7.89. The number of rotatable bonds is 4. The average molecular weight is 294 g/mol. The molecular weight excluding hydrogens is 276 g/mol. The van der Waals surface area contributed by atoms with Gasteiger partial charge in [0.1, 0.15) is 0 Å². The summed E-state index contributed by atoms with van der Waals surface area (Å²) in [7, 11) is -3.62. The average Bonchev–Trinajstić information content (AvgIpc) is 2.41. The molecule has 0 unspecified atom stereocenters. The fourth-order valence-electron chi connectivity index (χ4n) is 2.03. The lowest BCUT2D eigenvalue weighted by atomic mass is 9.97. The molecule has 2 N–H and O–H groups in total. The Labute approximate surface area is 119 Å². The van der Waals surface area contributed by atoms with Crippen molar-refractivity contribution in [1.82, 2.24) is 10.3 Å². The van der Waals surface area contributed by atoms with E-state index in [1.807, 2.05) is 6.92 Å². The van der Waals surface area contributed by atoms with Crippen LogP contribution in [0.5, 0.6) is 0 Å². The number of ketones is 1. The standard InChI is InChI=1S/C14H18N2O3S/c1-10-6-8-12(9-7-10)20(18,19)16-15-13-4-3-5-14(17)11(13)2/h6-9,15-16H,3-5H2,1-2H3. The second-order valence-electron chi connectivity index (χ2n) is 4.92. The lowest BCUT2D eigenvalue weighted by Gasteiger charge is -2.19. The van der Waals surface area contributed by atoms with Gasteiger partial charge in [0.25, 0.3) is 10.0 Å². The van der Waals surface area contributed by atoms with Crippen molar-refractivity contribution < 1.29 is 13.2 Å². The highest BCUT2D eigenvalue weighted by Crippen LogP contribution is 2.19. The Morgan fingerprint density at radius 1 is 1.05 bits per heavy atom. The summed E-state index contributed by atoms with van der Waals surface area (Å²) in [6.45, 7) is 3.61. The molecule has 6 heteroatoms. The van der Waals surface area contributed by atoms with Crippen molar-refractivity contribution in [3.63, 3.8) is 0 Å². The van der Waals surface area contributed by atoms with Crippen LogP contribution in [0.15, 0.2) is 40.4 Å². The van der Waals surface area contributed by atoms with E-state index in [9.17, 15) is 13.2 Å². The van der Waals surface area contributed by atoms with Gasteiger partial charge in [-0.05, 0) is 38.8 Å². The number of Topliss-reactive ketones (excluding diaryl/α,β-unsaturated/α-hetero) is 1. The molecule has 0 spiro atoms. The van der Waals surface area contributed by atoms with Crippen LogP contribution in [0.3, 0.4) is 0 Å². The predicted octanol–water partition coefficient (Wildman–Crippen LogP) is 1.80. The molecular formula is C14H18N2O3S. The van der Waals surface area contributed by atoms with Gasteiger partial charge in [0.05, 0.1) is 4.90 Å². The zero-order valence-corrected chi connectivity index (χ0v) is 12.4. The molecule has 0 heterocycles. The normalized spacial score (nSPS) is 16.4. The zero-order chi connectivity index (χ0) is 14.8. The molecule has 0 amide bonds. The van der Waals surface area contributed by atoms with E-state index in [0.29, 0.717) is 24.1 Å². The summed E-state index contributed by atoms with van der Waals surface area (Å²) >= 11 is 0. The molecule has 0 atom stereocenters. The smallest absolute Gasteiger partial charge is 0.257 e. The number of hydrogen-bond donors (Lipinski definition) is 2. The summed E-state index contributed by atoms with van der Waals surface area (Å²) in [4.78, 5) is 14.1. The van der Waals surface area contributed by atoms with E-state index in [0.717, 1.165) is 12.0 Å². The lowest BCUT2D eigenvalue weighted by molar-refractivity contribution is -0.116. The van der Waals surface area contributed by atoms with Crippen molar-refractivity contribution in [1.29, 1.82) is 0 Å². The van der Waals surface area contributed by atoms with Gasteiger partial charge in [-0.2, -0.15) is 0 Å².